The second-order valence-corrected chi connectivity index (χ2v) is 5.25. The van der Waals surface area contributed by atoms with Gasteiger partial charge in [-0.05, 0) is 32.1 Å². The lowest BCUT2D eigenvalue weighted by atomic mass is 10.2. The van der Waals surface area contributed by atoms with Crippen molar-refractivity contribution in [3.63, 3.8) is 0 Å². The normalized spacial score (nSPS) is 23.2. The van der Waals surface area contributed by atoms with Crippen LogP contribution < -0.4 is 0 Å². The Morgan fingerprint density at radius 3 is 2.61 bits per heavy atom. The number of hydrogen-bond donors (Lipinski definition) is 1. The smallest absolute Gasteiger partial charge is 0.326 e. The van der Waals surface area contributed by atoms with Gasteiger partial charge in [-0.2, -0.15) is 0 Å². The maximum atomic E-state index is 12.4. The van der Waals surface area contributed by atoms with Crippen molar-refractivity contribution in [2.75, 3.05) is 13.1 Å². The van der Waals surface area contributed by atoms with Gasteiger partial charge in [0.1, 0.15) is 6.04 Å². The quantitative estimate of drug-likeness (QED) is 0.815. The van der Waals surface area contributed by atoms with E-state index in [1.807, 2.05) is 4.90 Å². The highest BCUT2D eigenvalue weighted by atomic mass is 16.4. The van der Waals surface area contributed by atoms with Crippen LogP contribution in [0.15, 0.2) is 0 Å². The molecule has 5 nitrogen and oxygen atoms in total. The molecular formula is C13H22N2O3. The van der Waals surface area contributed by atoms with Gasteiger partial charge in [-0.3, -0.25) is 0 Å². The Balaban J connectivity index is 2.00. The molecule has 1 atom stereocenters. The molecule has 2 amide bonds. The minimum absolute atomic E-state index is 0.0594. The zero-order chi connectivity index (χ0) is 13.1. The Hall–Kier alpha value is -1.26. The summed E-state index contributed by atoms with van der Waals surface area (Å²) in [6.07, 6.45) is 5.58. The second kappa shape index (κ2) is 5.59. The zero-order valence-electron chi connectivity index (χ0n) is 11.0. The van der Waals surface area contributed by atoms with Crippen LogP contribution in [-0.2, 0) is 4.79 Å². The third-order valence-electron chi connectivity index (χ3n) is 3.77. The highest BCUT2D eigenvalue weighted by Crippen LogP contribution is 2.30. The molecule has 2 rings (SSSR count). The molecule has 0 aromatic rings. The van der Waals surface area contributed by atoms with Crippen molar-refractivity contribution in [2.45, 2.75) is 57.5 Å². The van der Waals surface area contributed by atoms with Crippen molar-refractivity contribution in [3.8, 4) is 0 Å². The summed E-state index contributed by atoms with van der Waals surface area (Å²) in [5.41, 5.74) is 0. The Morgan fingerprint density at radius 2 is 2.06 bits per heavy atom. The van der Waals surface area contributed by atoms with E-state index in [9.17, 15) is 9.59 Å². The van der Waals surface area contributed by atoms with Gasteiger partial charge >= 0.3 is 12.0 Å². The van der Waals surface area contributed by atoms with Gasteiger partial charge in [-0.1, -0.05) is 13.3 Å². The van der Waals surface area contributed by atoms with Crippen LogP contribution in [0.25, 0.3) is 0 Å². The number of aliphatic carboxylic acids is 1. The Labute approximate surface area is 108 Å². The summed E-state index contributed by atoms with van der Waals surface area (Å²) >= 11 is 0. The number of urea groups is 1. The van der Waals surface area contributed by atoms with Crippen LogP contribution in [0.3, 0.4) is 0 Å². The molecule has 0 spiro atoms. The van der Waals surface area contributed by atoms with Crippen molar-refractivity contribution in [2.24, 2.45) is 0 Å². The number of rotatable bonds is 5. The van der Waals surface area contributed by atoms with Crippen LogP contribution in [0.4, 0.5) is 4.79 Å². The lowest BCUT2D eigenvalue weighted by Gasteiger charge is -2.30. The Bertz CT molecular complexity index is 328. The second-order valence-electron chi connectivity index (χ2n) is 5.25. The molecule has 0 bridgehead atoms. The first-order chi connectivity index (χ1) is 8.65. The van der Waals surface area contributed by atoms with Gasteiger partial charge in [-0.15, -0.1) is 0 Å². The third kappa shape index (κ3) is 2.76. The molecule has 2 fully saturated rings. The van der Waals surface area contributed by atoms with E-state index in [0.717, 1.165) is 38.6 Å². The number of carbonyl (C=O) groups is 2. The fourth-order valence-corrected chi connectivity index (χ4v) is 2.57. The number of hydrogen-bond acceptors (Lipinski definition) is 2. The number of likely N-dealkylation sites (tertiary alicyclic amines) is 1. The molecule has 1 aliphatic heterocycles. The molecule has 102 valence electrons. The van der Waals surface area contributed by atoms with E-state index >= 15 is 0 Å². The third-order valence-corrected chi connectivity index (χ3v) is 3.77. The zero-order valence-corrected chi connectivity index (χ0v) is 11.0. The minimum atomic E-state index is -0.868. The Morgan fingerprint density at radius 1 is 1.33 bits per heavy atom. The predicted molar refractivity (Wildman–Crippen MR) is 67.4 cm³/mol. The van der Waals surface area contributed by atoms with Crippen LogP contribution in [0.1, 0.15) is 45.4 Å². The van der Waals surface area contributed by atoms with Gasteiger partial charge in [0.15, 0.2) is 0 Å². The highest BCUT2D eigenvalue weighted by Gasteiger charge is 2.40. The molecule has 1 aliphatic carbocycles. The molecule has 1 saturated carbocycles. The highest BCUT2D eigenvalue weighted by molar-refractivity contribution is 5.83. The SMILES string of the molecule is CCCCN(C(=O)N1CCCC1C(=O)O)C1CC1. The van der Waals surface area contributed by atoms with E-state index < -0.39 is 12.0 Å². The largest absolute Gasteiger partial charge is 0.480 e. The van der Waals surface area contributed by atoms with Crippen molar-refractivity contribution in [1.82, 2.24) is 9.80 Å². The fourth-order valence-electron chi connectivity index (χ4n) is 2.57. The average molecular weight is 254 g/mol. The summed E-state index contributed by atoms with van der Waals surface area (Å²) in [5, 5.41) is 9.13. The van der Waals surface area contributed by atoms with Gasteiger partial charge in [0.25, 0.3) is 0 Å². The van der Waals surface area contributed by atoms with Crippen LogP contribution in [0, 0.1) is 0 Å². The molecule has 1 unspecified atom stereocenters. The number of carbonyl (C=O) groups excluding carboxylic acids is 1. The van der Waals surface area contributed by atoms with Crippen molar-refractivity contribution >= 4 is 12.0 Å². The van der Waals surface area contributed by atoms with E-state index in [0.29, 0.717) is 19.0 Å². The number of amides is 2. The van der Waals surface area contributed by atoms with Gasteiger partial charge in [0.05, 0.1) is 0 Å². The van der Waals surface area contributed by atoms with E-state index in [4.69, 9.17) is 5.11 Å². The summed E-state index contributed by atoms with van der Waals surface area (Å²) in [4.78, 5) is 27.0. The van der Waals surface area contributed by atoms with Crippen LogP contribution in [-0.4, -0.2) is 52.1 Å². The summed E-state index contributed by atoms with van der Waals surface area (Å²) in [6, 6.07) is -0.310. The predicted octanol–water partition coefficient (Wildman–Crippen LogP) is 1.92. The molecular weight excluding hydrogens is 232 g/mol. The molecule has 1 heterocycles. The fraction of sp³-hybridized carbons (Fsp3) is 0.846. The summed E-state index contributed by atoms with van der Waals surface area (Å²) in [6.45, 7) is 3.46. The maximum absolute atomic E-state index is 12.4. The average Bonchev–Trinajstić information content (AvgIpc) is 3.05. The molecule has 2 aliphatic rings. The van der Waals surface area contributed by atoms with Gasteiger partial charge in [-0.25, -0.2) is 9.59 Å². The van der Waals surface area contributed by atoms with E-state index in [-0.39, 0.29) is 6.03 Å². The first-order valence-electron chi connectivity index (χ1n) is 6.95. The summed E-state index contributed by atoms with van der Waals surface area (Å²) in [5.74, 6) is -0.868. The number of nitrogens with zero attached hydrogens (tertiary/aromatic N) is 2. The molecule has 0 aromatic heterocycles. The topological polar surface area (TPSA) is 60.9 Å². The lowest BCUT2D eigenvalue weighted by Crippen LogP contribution is -2.49. The Kier molecular flexibility index (Phi) is 4.09. The first-order valence-corrected chi connectivity index (χ1v) is 6.95. The molecule has 1 saturated heterocycles. The number of carboxylic acid groups (broad SMARTS) is 1. The van der Waals surface area contributed by atoms with Crippen molar-refractivity contribution in [3.05, 3.63) is 0 Å². The van der Waals surface area contributed by atoms with E-state index in [1.54, 1.807) is 4.90 Å². The van der Waals surface area contributed by atoms with Crippen LogP contribution >= 0.6 is 0 Å². The monoisotopic (exact) mass is 254 g/mol. The standard InChI is InChI=1S/C13H22N2O3/c1-2-3-8-14(10-6-7-10)13(18)15-9-4-5-11(15)12(16)17/h10-11H,2-9H2,1H3,(H,16,17). The van der Waals surface area contributed by atoms with Gasteiger partial charge < -0.3 is 14.9 Å². The number of carboxylic acids is 1. The molecule has 18 heavy (non-hydrogen) atoms. The van der Waals surface area contributed by atoms with Crippen molar-refractivity contribution < 1.29 is 14.7 Å². The van der Waals surface area contributed by atoms with E-state index in [2.05, 4.69) is 6.92 Å². The van der Waals surface area contributed by atoms with Crippen LogP contribution in [0.2, 0.25) is 0 Å². The van der Waals surface area contributed by atoms with E-state index in [1.165, 1.54) is 0 Å². The van der Waals surface area contributed by atoms with Gasteiger partial charge in [0.2, 0.25) is 0 Å². The van der Waals surface area contributed by atoms with Crippen LogP contribution in [0.5, 0.6) is 0 Å². The summed E-state index contributed by atoms with van der Waals surface area (Å²) in [7, 11) is 0. The minimum Gasteiger partial charge on any atom is -0.480 e. The summed E-state index contributed by atoms with van der Waals surface area (Å²) < 4.78 is 0. The molecule has 5 heteroatoms. The van der Waals surface area contributed by atoms with Gasteiger partial charge in [0, 0.05) is 19.1 Å². The first kappa shape index (κ1) is 13.2. The molecule has 1 N–H and O–H groups in total. The number of unbranched alkanes of at least 4 members (excludes halogenated alkanes) is 1. The molecule has 0 radical (unpaired) electrons. The maximum Gasteiger partial charge on any atom is 0.326 e. The lowest BCUT2D eigenvalue weighted by molar-refractivity contribution is -0.141. The van der Waals surface area contributed by atoms with Crippen molar-refractivity contribution in [1.29, 1.82) is 0 Å². The molecule has 0 aromatic carbocycles.